The number of β-lactam (4-membered cyclic amide) rings is 1. The van der Waals surface area contributed by atoms with Gasteiger partial charge in [-0.1, -0.05) is 59.0 Å². The second-order valence-electron chi connectivity index (χ2n) is 9.22. The van der Waals surface area contributed by atoms with E-state index >= 15 is 0 Å². The summed E-state index contributed by atoms with van der Waals surface area (Å²) >= 11 is 2.26. The lowest BCUT2D eigenvalue weighted by Gasteiger charge is -2.47. The Balaban J connectivity index is 1.40. The molecule has 0 saturated carbocycles. The lowest BCUT2D eigenvalue weighted by molar-refractivity contribution is -0.152. The molecule has 0 aromatic heterocycles. The maximum absolute atomic E-state index is 13.7. The van der Waals surface area contributed by atoms with E-state index in [1.807, 2.05) is 24.3 Å². The topological polar surface area (TPSA) is 68.2 Å². The van der Waals surface area contributed by atoms with Crippen molar-refractivity contribution >= 4 is 28.5 Å². The monoisotopic (exact) mass is 651 g/mol. The number of nitrogens with zero attached hydrogens (tertiary/aromatic N) is 1. The molecule has 0 aliphatic carbocycles. The van der Waals surface area contributed by atoms with Gasteiger partial charge in [0.25, 0.3) is 0 Å². The van der Waals surface area contributed by atoms with Crippen LogP contribution in [0.2, 0.25) is 0 Å². The zero-order chi connectivity index (χ0) is 27.6. The smallest absolute Gasteiger partial charge is 0.226 e. The molecular formula is C30H32F2INO5. The van der Waals surface area contributed by atoms with E-state index in [9.17, 15) is 18.7 Å². The summed E-state index contributed by atoms with van der Waals surface area (Å²) in [6.07, 6.45) is -0.424. The van der Waals surface area contributed by atoms with Gasteiger partial charge in [-0.2, -0.15) is 0 Å². The van der Waals surface area contributed by atoms with Gasteiger partial charge in [-0.15, -0.1) is 0 Å². The lowest BCUT2D eigenvalue weighted by Crippen LogP contribution is -2.48. The third-order valence-corrected chi connectivity index (χ3v) is 7.08. The average Bonchev–Trinajstić information content (AvgIpc) is 2.94. The van der Waals surface area contributed by atoms with E-state index in [0.29, 0.717) is 44.2 Å². The van der Waals surface area contributed by atoms with Gasteiger partial charge in [-0.3, -0.25) is 4.79 Å². The fourth-order valence-electron chi connectivity index (χ4n) is 4.61. The van der Waals surface area contributed by atoms with Crippen molar-refractivity contribution in [1.29, 1.82) is 0 Å². The zero-order valence-electron chi connectivity index (χ0n) is 21.5. The van der Waals surface area contributed by atoms with E-state index in [1.165, 1.54) is 36.4 Å². The van der Waals surface area contributed by atoms with Gasteiger partial charge >= 0.3 is 0 Å². The molecule has 1 aliphatic rings. The number of hydrogen-bond acceptors (Lipinski definition) is 5. The van der Waals surface area contributed by atoms with Gasteiger partial charge in [0.05, 0.1) is 51.0 Å². The van der Waals surface area contributed by atoms with Crippen molar-refractivity contribution in [2.24, 2.45) is 0 Å². The maximum atomic E-state index is 13.7. The highest BCUT2D eigenvalue weighted by atomic mass is 127. The molecule has 3 aromatic carbocycles. The van der Waals surface area contributed by atoms with E-state index in [4.69, 9.17) is 14.2 Å². The summed E-state index contributed by atoms with van der Waals surface area (Å²) in [7, 11) is 0. The predicted molar refractivity (Wildman–Crippen MR) is 152 cm³/mol. The summed E-state index contributed by atoms with van der Waals surface area (Å²) < 4.78 is 44.6. The number of hydrogen-bond donors (Lipinski definition) is 1. The van der Waals surface area contributed by atoms with E-state index in [2.05, 4.69) is 22.6 Å². The number of amides is 1. The highest BCUT2D eigenvalue weighted by Gasteiger charge is 2.42. The number of likely N-dealkylation sites (tertiary alicyclic amines) is 1. The van der Waals surface area contributed by atoms with Crippen LogP contribution < -0.4 is 4.74 Å². The van der Waals surface area contributed by atoms with Crippen LogP contribution in [-0.4, -0.2) is 53.4 Å². The minimum atomic E-state index is -0.939. The molecule has 3 aromatic rings. The Bertz CT molecular complexity index is 1180. The Hall–Kier alpha value is -2.60. The fraction of sp³-hybridized carbons (Fsp3) is 0.367. The van der Waals surface area contributed by atoms with Gasteiger partial charge in [0.2, 0.25) is 5.91 Å². The number of alkyl halides is 1. The highest BCUT2D eigenvalue weighted by molar-refractivity contribution is 14.1. The van der Waals surface area contributed by atoms with Gasteiger partial charge < -0.3 is 24.2 Å². The number of halogens is 3. The molecule has 1 fully saturated rings. The quantitative estimate of drug-likeness (QED) is 0.0953. The summed E-state index contributed by atoms with van der Waals surface area (Å²) in [6.45, 7) is 2.67. The summed E-state index contributed by atoms with van der Waals surface area (Å²) in [5.41, 5.74) is 2.20. The Morgan fingerprint density at radius 1 is 0.821 bits per heavy atom. The minimum absolute atomic E-state index is 0.0550. The van der Waals surface area contributed by atoms with Crippen LogP contribution >= 0.6 is 22.6 Å². The van der Waals surface area contributed by atoms with Gasteiger partial charge in [0.1, 0.15) is 24.0 Å². The number of aliphatic hydroxyl groups is 1. The molecule has 208 valence electrons. The molecule has 1 N–H and O–H groups in total. The molecule has 3 unspecified atom stereocenters. The maximum Gasteiger partial charge on any atom is 0.226 e. The van der Waals surface area contributed by atoms with Gasteiger partial charge in [0.15, 0.2) is 0 Å². The third kappa shape index (κ3) is 8.20. The number of carbonyl (C=O) groups is 1. The molecule has 4 rings (SSSR count). The fourth-order valence-corrected chi connectivity index (χ4v) is 4.92. The van der Waals surface area contributed by atoms with Crippen LogP contribution in [0.3, 0.4) is 0 Å². The Morgan fingerprint density at radius 2 is 1.38 bits per heavy atom. The molecule has 1 heterocycles. The number of ether oxygens (including phenoxy) is 3. The van der Waals surface area contributed by atoms with Crippen LogP contribution in [0, 0.1) is 11.6 Å². The SMILES string of the molecule is O=C1CC(c2ccc(OCCOCCOCCI)cc2)N1C(CC(O)c1ccc(F)cc1)c1ccc(F)cc1. The predicted octanol–water partition coefficient (Wildman–Crippen LogP) is 5.95. The zero-order valence-corrected chi connectivity index (χ0v) is 23.6. The second kappa shape index (κ2) is 14.7. The van der Waals surface area contributed by atoms with Crippen LogP contribution in [-0.2, 0) is 14.3 Å². The van der Waals surface area contributed by atoms with E-state index < -0.39 is 18.0 Å². The molecule has 0 spiro atoms. The number of carbonyl (C=O) groups excluding carboxylic acids is 1. The van der Waals surface area contributed by atoms with E-state index in [1.54, 1.807) is 17.0 Å². The molecule has 0 radical (unpaired) electrons. The summed E-state index contributed by atoms with van der Waals surface area (Å²) in [5.74, 6) is -0.132. The van der Waals surface area contributed by atoms with Crippen molar-refractivity contribution in [1.82, 2.24) is 4.90 Å². The van der Waals surface area contributed by atoms with Crippen molar-refractivity contribution < 1.29 is 32.9 Å². The molecule has 39 heavy (non-hydrogen) atoms. The summed E-state index contributed by atoms with van der Waals surface area (Å²) in [6, 6.07) is 18.5. The van der Waals surface area contributed by atoms with Crippen LogP contribution in [0.25, 0.3) is 0 Å². The Morgan fingerprint density at radius 3 is 1.97 bits per heavy atom. The first-order chi connectivity index (χ1) is 19.0. The third-order valence-electron chi connectivity index (χ3n) is 6.64. The molecule has 1 saturated heterocycles. The molecule has 1 aliphatic heterocycles. The summed E-state index contributed by atoms with van der Waals surface area (Å²) in [4.78, 5) is 14.6. The molecule has 3 atom stereocenters. The minimum Gasteiger partial charge on any atom is -0.491 e. The molecule has 6 nitrogen and oxygen atoms in total. The van der Waals surface area contributed by atoms with Crippen LogP contribution in [0.5, 0.6) is 5.75 Å². The number of aliphatic hydroxyl groups excluding tert-OH is 1. The van der Waals surface area contributed by atoms with Crippen molar-refractivity contribution in [3.05, 3.63) is 101 Å². The van der Waals surface area contributed by atoms with Crippen molar-refractivity contribution in [2.45, 2.75) is 31.0 Å². The van der Waals surface area contributed by atoms with Gasteiger partial charge in [-0.05, 0) is 53.1 Å². The van der Waals surface area contributed by atoms with E-state index in [-0.39, 0.29) is 24.2 Å². The first kappa shape index (κ1) is 29.4. The van der Waals surface area contributed by atoms with Gasteiger partial charge in [0, 0.05) is 10.8 Å². The standard InChI is InChI=1S/C30H32F2INO5/c31-24-7-1-21(2-8-24)27(19-29(35)23-3-9-25(32)10-4-23)34-28(20-30(34)36)22-5-11-26(12-6-22)39-18-17-38-16-15-37-14-13-33/h1-12,27-29,35H,13-20H2. The van der Waals surface area contributed by atoms with Crippen molar-refractivity contribution in [3.63, 3.8) is 0 Å². The Labute approximate surface area is 241 Å². The van der Waals surface area contributed by atoms with Crippen LogP contribution in [0.1, 0.15) is 47.7 Å². The highest BCUT2D eigenvalue weighted by Crippen LogP contribution is 2.45. The summed E-state index contributed by atoms with van der Waals surface area (Å²) in [5, 5.41) is 11.0. The molecule has 0 bridgehead atoms. The van der Waals surface area contributed by atoms with Crippen LogP contribution in [0.4, 0.5) is 8.78 Å². The first-order valence-corrected chi connectivity index (χ1v) is 14.4. The average molecular weight is 651 g/mol. The van der Waals surface area contributed by atoms with Crippen molar-refractivity contribution in [3.8, 4) is 5.75 Å². The van der Waals surface area contributed by atoms with E-state index in [0.717, 1.165) is 22.2 Å². The van der Waals surface area contributed by atoms with Crippen LogP contribution in [0.15, 0.2) is 72.8 Å². The molecular weight excluding hydrogens is 619 g/mol. The lowest BCUT2D eigenvalue weighted by atomic mass is 9.86. The normalized spacial score (nSPS) is 16.6. The Kier molecular flexibility index (Phi) is 11.1. The van der Waals surface area contributed by atoms with Crippen molar-refractivity contribution in [2.75, 3.05) is 37.5 Å². The first-order valence-electron chi connectivity index (χ1n) is 12.9. The van der Waals surface area contributed by atoms with Gasteiger partial charge in [-0.25, -0.2) is 8.78 Å². The molecule has 1 amide bonds. The number of rotatable bonds is 15. The molecule has 9 heteroatoms. The largest absolute Gasteiger partial charge is 0.491 e. The number of benzene rings is 3. The second-order valence-corrected chi connectivity index (χ2v) is 10.3.